The number of unbranched alkanes of at least 4 members (excludes halogenated alkanes) is 1. The molecule has 6 heteroatoms. The Bertz CT molecular complexity index is 654. The van der Waals surface area contributed by atoms with Crippen molar-refractivity contribution >= 4 is 5.96 Å². The Hall–Kier alpha value is -2.34. The van der Waals surface area contributed by atoms with Crippen LogP contribution in [0.4, 0.5) is 0 Å². The van der Waals surface area contributed by atoms with Crippen molar-refractivity contribution in [3.05, 3.63) is 54.1 Å². The zero-order valence-corrected chi connectivity index (χ0v) is 16.7. The van der Waals surface area contributed by atoms with Gasteiger partial charge in [-0.3, -0.25) is 4.99 Å². The van der Waals surface area contributed by atoms with Crippen molar-refractivity contribution in [1.82, 2.24) is 20.2 Å². The average molecular weight is 372 g/mol. The minimum absolute atomic E-state index is 0.790. The summed E-state index contributed by atoms with van der Waals surface area (Å²) in [6.45, 7) is 6.32. The van der Waals surface area contributed by atoms with Gasteiger partial charge in [-0.25, -0.2) is 4.98 Å². The van der Waals surface area contributed by atoms with E-state index in [0.29, 0.717) is 0 Å². The first-order chi connectivity index (χ1) is 13.3. The predicted molar refractivity (Wildman–Crippen MR) is 111 cm³/mol. The molecule has 2 rings (SSSR count). The number of hydrogen-bond acceptors (Lipinski definition) is 3. The molecule has 0 bridgehead atoms. The molecule has 0 aliphatic heterocycles. The molecule has 0 atom stereocenters. The Balaban J connectivity index is 1.65. The van der Waals surface area contributed by atoms with Crippen molar-refractivity contribution < 1.29 is 4.74 Å². The highest BCUT2D eigenvalue weighted by Gasteiger charge is 2.04. The van der Waals surface area contributed by atoms with E-state index in [2.05, 4.69) is 56.4 Å². The van der Waals surface area contributed by atoms with Gasteiger partial charge in [0.2, 0.25) is 0 Å². The highest BCUT2D eigenvalue weighted by molar-refractivity contribution is 5.79. The quantitative estimate of drug-likeness (QED) is 0.342. The lowest BCUT2D eigenvalue weighted by Gasteiger charge is -2.13. The van der Waals surface area contributed by atoms with Gasteiger partial charge < -0.3 is 19.9 Å². The fraction of sp³-hybridized carbons (Fsp3) is 0.524. The summed E-state index contributed by atoms with van der Waals surface area (Å²) in [5.74, 6) is 1.90. The maximum Gasteiger partial charge on any atom is 0.190 e. The fourth-order valence-electron chi connectivity index (χ4n) is 2.74. The molecule has 1 aromatic heterocycles. The van der Waals surface area contributed by atoms with Crippen molar-refractivity contribution in [2.45, 2.75) is 39.2 Å². The van der Waals surface area contributed by atoms with Crippen molar-refractivity contribution in [3.63, 3.8) is 0 Å². The summed E-state index contributed by atoms with van der Waals surface area (Å²) in [6.07, 6.45) is 8.04. The van der Waals surface area contributed by atoms with Gasteiger partial charge in [0.1, 0.15) is 5.82 Å². The maximum absolute atomic E-state index is 5.57. The van der Waals surface area contributed by atoms with Crippen LogP contribution < -0.4 is 10.6 Å². The molecule has 2 N–H and O–H groups in total. The smallest absolute Gasteiger partial charge is 0.190 e. The molecule has 0 fully saturated rings. The topological polar surface area (TPSA) is 63.5 Å². The van der Waals surface area contributed by atoms with E-state index < -0.39 is 0 Å². The van der Waals surface area contributed by atoms with E-state index >= 15 is 0 Å². The summed E-state index contributed by atoms with van der Waals surface area (Å²) < 4.78 is 7.77. The summed E-state index contributed by atoms with van der Waals surface area (Å²) in [5, 5.41) is 6.68. The van der Waals surface area contributed by atoms with Gasteiger partial charge in [0.05, 0.1) is 0 Å². The van der Waals surface area contributed by atoms with Gasteiger partial charge in [-0.05, 0) is 18.4 Å². The lowest BCUT2D eigenvalue weighted by atomic mass is 10.2. The van der Waals surface area contributed by atoms with Crippen LogP contribution in [0.3, 0.4) is 0 Å². The predicted octanol–water partition coefficient (Wildman–Crippen LogP) is 2.85. The summed E-state index contributed by atoms with van der Waals surface area (Å²) >= 11 is 0. The lowest BCUT2D eigenvalue weighted by Crippen LogP contribution is -2.39. The highest BCUT2D eigenvalue weighted by Crippen LogP contribution is 2.05. The Labute approximate surface area is 163 Å². The number of imidazole rings is 1. The molecule has 1 aromatic carbocycles. The van der Waals surface area contributed by atoms with Crippen LogP contribution in [0.25, 0.3) is 0 Å². The molecule has 2 aromatic rings. The van der Waals surface area contributed by atoms with Crippen LogP contribution in [0.2, 0.25) is 0 Å². The maximum atomic E-state index is 5.57. The van der Waals surface area contributed by atoms with Gasteiger partial charge in [-0.15, -0.1) is 0 Å². The van der Waals surface area contributed by atoms with E-state index in [1.165, 1.54) is 12.0 Å². The van der Waals surface area contributed by atoms with Crippen molar-refractivity contribution in [3.8, 4) is 0 Å². The summed E-state index contributed by atoms with van der Waals surface area (Å²) in [5.41, 5.74) is 1.28. The Morgan fingerprint density at radius 3 is 2.67 bits per heavy atom. The Morgan fingerprint density at radius 1 is 1.11 bits per heavy atom. The highest BCUT2D eigenvalue weighted by atomic mass is 16.5. The Kier molecular flexibility index (Phi) is 10.0. The SMILES string of the molecule is CCCCOCCCNC(=NC)NCCc1nccn1Cc1ccccc1. The van der Waals surface area contributed by atoms with Gasteiger partial charge in [0, 0.05) is 58.7 Å². The number of rotatable bonds is 12. The summed E-state index contributed by atoms with van der Waals surface area (Å²) in [4.78, 5) is 8.76. The molecule has 0 saturated carbocycles. The first-order valence-electron chi connectivity index (χ1n) is 9.89. The number of nitrogens with zero attached hydrogens (tertiary/aromatic N) is 3. The van der Waals surface area contributed by atoms with Crippen molar-refractivity contribution in [2.75, 3.05) is 33.4 Å². The zero-order chi connectivity index (χ0) is 19.2. The van der Waals surface area contributed by atoms with Crippen LogP contribution in [0.15, 0.2) is 47.7 Å². The normalized spacial score (nSPS) is 11.6. The molecule has 27 heavy (non-hydrogen) atoms. The number of ether oxygens (including phenoxy) is 1. The van der Waals surface area contributed by atoms with Crippen molar-refractivity contribution in [1.29, 1.82) is 0 Å². The second-order valence-electron chi connectivity index (χ2n) is 6.45. The second kappa shape index (κ2) is 12.9. The van der Waals surface area contributed by atoms with E-state index in [1.54, 1.807) is 7.05 Å². The van der Waals surface area contributed by atoms with Gasteiger partial charge in [-0.2, -0.15) is 0 Å². The standard InChI is InChI=1S/C21H33N5O/c1-3-4-16-27-17-8-12-24-21(22-2)25-13-11-20-23-14-15-26(20)18-19-9-6-5-7-10-19/h5-7,9-10,14-15H,3-4,8,11-13,16-18H2,1-2H3,(H2,22,24,25). The molecule has 0 saturated heterocycles. The molecule has 0 spiro atoms. The second-order valence-corrected chi connectivity index (χ2v) is 6.45. The monoisotopic (exact) mass is 371 g/mol. The van der Waals surface area contributed by atoms with Gasteiger partial charge in [0.25, 0.3) is 0 Å². The number of guanidine groups is 1. The molecule has 0 aliphatic rings. The number of hydrogen-bond donors (Lipinski definition) is 2. The van der Waals surface area contributed by atoms with Gasteiger partial charge in [0.15, 0.2) is 5.96 Å². The largest absolute Gasteiger partial charge is 0.381 e. The summed E-state index contributed by atoms with van der Waals surface area (Å²) in [6, 6.07) is 10.5. The third-order valence-corrected chi connectivity index (χ3v) is 4.26. The van der Waals surface area contributed by atoms with Crippen LogP contribution >= 0.6 is 0 Å². The van der Waals surface area contributed by atoms with E-state index in [0.717, 1.165) is 63.9 Å². The summed E-state index contributed by atoms with van der Waals surface area (Å²) in [7, 11) is 1.80. The first kappa shape index (κ1) is 21.0. The lowest BCUT2D eigenvalue weighted by molar-refractivity contribution is 0.129. The van der Waals surface area contributed by atoms with Crippen LogP contribution in [0, 0.1) is 0 Å². The fourth-order valence-corrected chi connectivity index (χ4v) is 2.74. The third kappa shape index (κ3) is 8.26. The van der Waals surface area contributed by atoms with E-state index in [9.17, 15) is 0 Å². The van der Waals surface area contributed by atoms with E-state index in [4.69, 9.17) is 4.74 Å². The van der Waals surface area contributed by atoms with Crippen LogP contribution in [-0.4, -0.2) is 48.9 Å². The van der Waals surface area contributed by atoms with Gasteiger partial charge in [-0.1, -0.05) is 43.7 Å². The first-order valence-corrected chi connectivity index (χ1v) is 9.89. The molecule has 0 aliphatic carbocycles. The molecule has 0 radical (unpaired) electrons. The van der Waals surface area contributed by atoms with Gasteiger partial charge >= 0.3 is 0 Å². The minimum Gasteiger partial charge on any atom is -0.381 e. The van der Waals surface area contributed by atoms with Crippen LogP contribution in [0.1, 0.15) is 37.6 Å². The minimum atomic E-state index is 0.790. The Morgan fingerprint density at radius 2 is 1.89 bits per heavy atom. The average Bonchev–Trinajstić information content (AvgIpc) is 3.13. The molecular weight excluding hydrogens is 338 g/mol. The van der Waals surface area contributed by atoms with Crippen molar-refractivity contribution in [2.24, 2.45) is 4.99 Å². The van der Waals surface area contributed by atoms with Crippen LogP contribution in [-0.2, 0) is 17.7 Å². The zero-order valence-electron chi connectivity index (χ0n) is 16.7. The third-order valence-electron chi connectivity index (χ3n) is 4.26. The van der Waals surface area contributed by atoms with E-state index in [1.807, 2.05) is 18.5 Å². The number of benzene rings is 1. The van der Waals surface area contributed by atoms with E-state index in [-0.39, 0.29) is 0 Å². The molecule has 6 nitrogen and oxygen atoms in total. The number of aromatic nitrogens is 2. The number of nitrogens with one attached hydrogen (secondary N) is 2. The molecule has 148 valence electrons. The van der Waals surface area contributed by atoms with Crippen LogP contribution in [0.5, 0.6) is 0 Å². The molecule has 1 heterocycles. The molecular formula is C21H33N5O. The molecule has 0 amide bonds. The molecule has 0 unspecified atom stereocenters. The number of aliphatic imine (C=N–C) groups is 1.